The molecule has 1 amide bonds. The molecule has 4 nitrogen and oxygen atoms in total. The van der Waals surface area contributed by atoms with E-state index in [1.807, 2.05) is 6.92 Å². The van der Waals surface area contributed by atoms with E-state index in [1.165, 1.54) is 0 Å². The fourth-order valence-electron chi connectivity index (χ4n) is 1.18. The second-order valence-corrected chi connectivity index (χ2v) is 3.77. The predicted molar refractivity (Wildman–Crippen MR) is 55.1 cm³/mol. The number of carbonyl (C=O) groups excluding carboxylic acids is 1. The van der Waals surface area contributed by atoms with Crippen LogP contribution in [0.4, 0.5) is 0 Å². The summed E-state index contributed by atoms with van der Waals surface area (Å²) in [7, 11) is 0. The molecule has 0 saturated carbocycles. The van der Waals surface area contributed by atoms with Gasteiger partial charge in [-0.3, -0.25) is 4.79 Å². The maximum atomic E-state index is 11.2. The van der Waals surface area contributed by atoms with Gasteiger partial charge in [-0.15, -0.1) is 6.58 Å². The minimum atomic E-state index is -0.143. The minimum Gasteiger partial charge on any atom is -0.363 e. The molecule has 1 fully saturated rings. The van der Waals surface area contributed by atoms with Crippen molar-refractivity contribution in [2.24, 2.45) is 0 Å². The monoisotopic (exact) mass is 198 g/mol. The second kappa shape index (κ2) is 5.12. The molecule has 0 aromatic heterocycles. The Morgan fingerprint density at radius 2 is 2.43 bits per heavy atom. The maximum absolute atomic E-state index is 11.2. The summed E-state index contributed by atoms with van der Waals surface area (Å²) in [4.78, 5) is 11.2. The summed E-state index contributed by atoms with van der Waals surface area (Å²) >= 11 is 0. The lowest BCUT2D eigenvalue weighted by Crippen LogP contribution is -2.59. The van der Waals surface area contributed by atoms with E-state index in [1.54, 1.807) is 6.08 Å². The quantitative estimate of drug-likeness (QED) is 0.468. The number of hydrogen-bond donors (Lipinski definition) is 2. The lowest BCUT2D eigenvalue weighted by molar-refractivity contribution is -0.135. The first-order valence-corrected chi connectivity index (χ1v) is 4.88. The minimum absolute atomic E-state index is 0.0556. The molecule has 1 aliphatic heterocycles. The van der Waals surface area contributed by atoms with Crippen molar-refractivity contribution in [3.05, 3.63) is 12.7 Å². The fourth-order valence-corrected chi connectivity index (χ4v) is 1.18. The Kier molecular flexibility index (Phi) is 4.10. The molecule has 14 heavy (non-hydrogen) atoms. The van der Waals surface area contributed by atoms with Crippen LogP contribution in [0.1, 0.15) is 13.3 Å². The van der Waals surface area contributed by atoms with E-state index < -0.39 is 0 Å². The molecular formula is C10H18N2O2. The van der Waals surface area contributed by atoms with Crippen LogP contribution < -0.4 is 10.6 Å². The van der Waals surface area contributed by atoms with E-state index >= 15 is 0 Å². The number of nitrogens with one attached hydrogen (secondary N) is 2. The fraction of sp³-hybridized carbons (Fsp3) is 0.700. The Labute approximate surface area is 84.7 Å². The number of hydrogen-bond acceptors (Lipinski definition) is 3. The molecule has 0 aromatic rings. The first kappa shape index (κ1) is 11.2. The van der Waals surface area contributed by atoms with Gasteiger partial charge in [0.2, 0.25) is 5.91 Å². The smallest absolute Gasteiger partial charge is 0.246 e. The van der Waals surface area contributed by atoms with E-state index in [4.69, 9.17) is 4.74 Å². The van der Waals surface area contributed by atoms with Gasteiger partial charge in [-0.2, -0.15) is 0 Å². The van der Waals surface area contributed by atoms with Crippen LogP contribution >= 0.6 is 0 Å². The zero-order valence-electron chi connectivity index (χ0n) is 8.64. The van der Waals surface area contributed by atoms with E-state index in [0.717, 1.165) is 19.5 Å². The molecule has 1 aliphatic rings. The largest absolute Gasteiger partial charge is 0.363 e. The summed E-state index contributed by atoms with van der Waals surface area (Å²) in [6.07, 6.45) is 2.57. The third-order valence-corrected chi connectivity index (χ3v) is 2.22. The van der Waals surface area contributed by atoms with Crippen LogP contribution in [0, 0.1) is 0 Å². The van der Waals surface area contributed by atoms with Crippen LogP contribution in [0.2, 0.25) is 0 Å². The first-order valence-electron chi connectivity index (χ1n) is 4.88. The van der Waals surface area contributed by atoms with Crippen LogP contribution in [-0.4, -0.2) is 37.7 Å². The summed E-state index contributed by atoms with van der Waals surface area (Å²) in [5, 5.41) is 5.86. The molecule has 1 saturated heterocycles. The van der Waals surface area contributed by atoms with Gasteiger partial charge < -0.3 is 15.4 Å². The highest BCUT2D eigenvalue weighted by molar-refractivity contribution is 5.77. The topological polar surface area (TPSA) is 50.4 Å². The van der Waals surface area contributed by atoms with Crippen molar-refractivity contribution < 1.29 is 9.53 Å². The van der Waals surface area contributed by atoms with Gasteiger partial charge in [-0.25, -0.2) is 0 Å². The van der Waals surface area contributed by atoms with Crippen LogP contribution in [0.3, 0.4) is 0 Å². The summed E-state index contributed by atoms with van der Waals surface area (Å²) < 4.78 is 5.46. The Hall–Kier alpha value is -0.870. The van der Waals surface area contributed by atoms with Crippen molar-refractivity contribution in [1.29, 1.82) is 0 Å². The standard InChI is InChI=1S/C10H18N2O2/c1-3-4-5-12-9(13)6-14-10(2)7-11-8-10/h3,11H,1,4-8H2,2H3,(H,12,13). The zero-order valence-corrected chi connectivity index (χ0v) is 8.64. The van der Waals surface area contributed by atoms with Crippen molar-refractivity contribution in [2.45, 2.75) is 18.9 Å². The van der Waals surface area contributed by atoms with Gasteiger partial charge in [0.05, 0.1) is 5.60 Å². The summed E-state index contributed by atoms with van der Waals surface area (Å²) in [5.41, 5.74) is -0.143. The van der Waals surface area contributed by atoms with Crippen molar-refractivity contribution in [2.75, 3.05) is 26.2 Å². The Morgan fingerprint density at radius 3 is 2.93 bits per heavy atom. The molecule has 0 aliphatic carbocycles. The molecule has 80 valence electrons. The first-order chi connectivity index (χ1) is 6.66. The van der Waals surface area contributed by atoms with Gasteiger partial charge in [0, 0.05) is 19.6 Å². The van der Waals surface area contributed by atoms with Crippen LogP contribution in [0.5, 0.6) is 0 Å². The van der Waals surface area contributed by atoms with Gasteiger partial charge in [0.1, 0.15) is 6.61 Å². The Balaban J connectivity index is 2.05. The lowest BCUT2D eigenvalue weighted by atomic mass is 10.0. The van der Waals surface area contributed by atoms with E-state index in [2.05, 4.69) is 17.2 Å². The van der Waals surface area contributed by atoms with Gasteiger partial charge >= 0.3 is 0 Å². The van der Waals surface area contributed by atoms with Gasteiger partial charge in [0.25, 0.3) is 0 Å². The van der Waals surface area contributed by atoms with Gasteiger partial charge in [-0.1, -0.05) is 6.08 Å². The summed E-state index contributed by atoms with van der Waals surface area (Å²) in [6, 6.07) is 0. The van der Waals surface area contributed by atoms with Crippen molar-refractivity contribution in [3.63, 3.8) is 0 Å². The molecule has 1 rings (SSSR count). The lowest BCUT2D eigenvalue weighted by Gasteiger charge is -2.38. The Bertz CT molecular complexity index is 212. The van der Waals surface area contributed by atoms with E-state index in [9.17, 15) is 4.79 Å². The molecule has 0 spiro atoms. The number of carbonyl (C=O) groups is 1. The maximum Gasteiger partial charge on any atom is 0.246 e. The number of ether oxygens (including phenoxy) is 1. The Morgan fingerprint density at radius 1 is 1.71 bits per heavy atom. The SMILES string of the molecule is C=CCCNC(=O)COC1(C)CNC1. The molecule has 0 radical (unpaired) electrons. The molecule has 4 heteroatoms. The highest BCUT2D eigenvalue weighted by atomic mass is 16.5. The highest BCUT2D eigenvalue weighted by Crippen LogP contribution is 2.14. The van der Waals surface area contributed by atoms with E-state index in [-0.39, 0.29) is 18.1 Å². The normalized spacial score (nSPS) is 18.4. The summed E-state index contributed by atoms with van der Waals surface area (Å²) in [5.74, 6) is -0.0556. The second-order valence-electron chi connectivity index (χ2n) is 3.77. The molecule has 0 aromatic carbocycles. The molecule has 2 N–H and O–H groups in total. The average molecular weight is 198 g/mol. The third kappa shape index (κ3) is 3.47. The third-order valence-electron chi connectivity index (χ3n) is 2.22. The zero-order chi connectivity index (χ0) is 10.4. The van der Waals surface area contributed by atoms with Crippen molar-refractivity contribution in [1.82, 2.24) is 10.6 Å². The van der Waals surface area contributed by atoms with Crippen LogP contribution in [-0.2, 0) is 9.53 Å². The number of rotatable bonds is 6. The molecule has 0 atom stereocenters. The van der Waals surface area contributed by atoms with Crippen LogP contribution in [0.15, 0.2) is 12.7 Å². The highest BCUT2D eigenvalue weighted by Gasteiger charge is 2.32. The van der Waals surface area contributed by atoms with E-state index in [0.29, 0.717) is 6.54 Å². The molecule has 1 heterocycles. The average Bonchev–Trinajstić information content (AvgIpc) is 2.12. The summed E-state index contributed by atoms with van der Waals surface area (Å²) in [6.45, 7) is 8.02. The van der Waals surface area contributed by atoms with Crippen LogP contribution in [0.25, 0.3) is 0 Å². The van der Waals surface area contributed by atoms with Gasteiger partial charge in [0.15, 0.2) is 0 Å². The predicted octanol–water partition coefficient (Wildman–Crippen LogP) is 0.0572. The van der Waals surface area contributed by atoms with Gasteiger partial charge in [-0.05, 0) is 13.3 Å². The van der Waals surface area contributed by atoms with Crippen molar-refractivity contribution >= 4 is 5.91 Å². The molecule has 0 unspecified atom stereocenters. The van der Waals surface area contributed by atoms with Crippen molar-refractivity contribution in [3.8, 4) is 0 Å². The molecular weight excluding hydrogens is 180 g/mol. The number of amides is 1. The molecule has 0 bridgehead atoms.